The highest BCUT2D eigenvalue weighted by molar-refractivity contribution is 7.90. The van der Waals surface area contributed by atoms with E-state index in [-0.39, 0.29) is 5.03 Å². The zero-order chi connectivity index (χ0) is 12.1. The van der Waals surface area contributed by atoms with Crippen molar-refractivity contribution in [2.75, 3.05) is 0 Å². The Hall–Kier alpha value is -2.01. The number of nitrogens with zero attached hydrogens (tertiary/aromatic N) is 2. The summed E-state index contributed by atoms with van der Waals surface area (Å²) in [5, 5.41) is -0.0489. The lowest BCUT2D eigenvalue weighted by atomic mass is 10.2. The van der Waals surface area contributed by atoms with Crippen molar-refractivity contribution >= 4 is 16.2 Å². The number of sulfonamides is 1. The third-order valence-electron chi connectivity index (χ3n) is 2.04. The van der Waals surface area contributed by atoms with Crippen LogP contribution in [0.4, 0.5) is 0 Å². The molecule has 0 aliphatic carbocycles. The average molecular weight is 246 g/mol. The van der Waals surface area contributed by atoms with Crippen LogP contribution in [0.15, 0.2) is 64.2 Å². The van der Waals surface area contributed by atoms with Crippen LogP contribution in [0.1, 0.15) is 5.56 Å². The van der Waals surface area contributed by atoms with Crippen molar-refractivity contribution in [3.05, 3.63) is 60.3 Å². The van der Waals surface area contributed by atoms with Gasteiger partial charge in [-0.15, -0.1) is 0 Å². The number of pyridine rings is 1. The molecular weight excluding hydrogens is 236 g/mol. The molecule has 0 spiro atoms. The van der Waals surface area contributed by atoms with Gasteiger partial charge in [0.15, 0.2) is 5.03 Å². The zero-order valence-corrected chi connectivity index (χ0v) is 9.71. The smallest absolute Gasteiger partial charge is 0.243 e. The van der Waals surface area contributed by atoms with Crippen molar-refractivity contribution in [2.45, 2.75) is 5.03 Å². The van der Waals surface area contributed by atoms with E-state index in [2.05, 4.69) is 9.38 Å². The Morgan fingerprint density at radius 3 is 2.35 bits per heavy atom. The largest absolute Gasteiger partial charge is 0.299 e. The summed E-state index contributed by atoms with van der Waals surface area (Å²) in [6.07, 6.45) is 2.73. The van der Waals surface area contributed by atoms with Crippen LogP contribution in [-0.4, -0.2) is 19.6 Å². The summed E-state index contributed by atoms with van der Waals surface area (Å²) in [6, 6.07) is 13.7. The fourth-order valence-electron chi connectivity index (χ4n) is 1.22. The third-order valence-corrected chi connectivity index (χ3v) is 3.20. The third kappa shape index (κ3) is 2.98. The lowest BCUT2D eigenvalue weighted by Gasteiger charge is -1.96. The normalized spacial score (nSPS) is 11.8. The van der Waals surface area contributed by atoms with Crippen molar-refractivity contribution in [1.29, 1.82) is 0 Å². The quantitative estimate of drug-likeness (QED) is 0.777. The van der Waals surface area contributed by atoms with E-state index >= 15 is 0 Å². The van der Waals surface area contributed by atoms with Crippen molar-refractivity contribution in [3.63, 3.8) is 0 Å². The van der Waals surface area contributed by atoms with Crippen LogP contribution in [-0.2, 0) is 10.0 Å². The summed E-state index contributed by atoms with van der Waals surface area (Å²) in [5.41, 5.74) is 0.729. The first-order valence-electron chi connectivity index (χ1n) is 4.95. The maximum atomic E-state index is 11.7. The second-order valence-electron chi connectivity index (χ2n) is 3.29. The van der Waals surface area contributed by atoms with Gasteiger partial charge in [-0.2, -0.15) is 12.8 Å². The van der Waals surface area contributed by atoms with Gasteiger partial charge in [0.05, 0.1) is 0 Å². The molecule has 0 fully saturated rings. The molecular formula is C12H10N2O2S. The zero-order valence-electron chi connectivity index (χ0n) is 8.89. The molecule has 0 radical (unpaired) electrons. The standard InChI is InChI=1S/C12H10N2O2S/c15-17(16,12-8-4-5-9-13-12)14-10-11-6-2-1-3-7-11/h1-10H. The van der Waals surface area contributed by atoms with Gasteiger partial charge in [0.1, 0.15) is 0 Å². The molecule has 0 saturated heterocycles. The van der Waals surface area contributed by atoms with E-state index in [4.69, 9.17) is 0 Å². The Morgan fingerprint density at radius 2 is 1.71 bits per heavy atom. The minimum atomic E-state index is -3.70. The van der Waals surface area contributed by atoms with Crippen molar-refractivity contribution < 1.29 is 8.42 Å². The van der Waals surface area contributed by atoms with Crippen LogP contribution in [0.3, 0.4) is 0 Å². The van der Waals surface area contributed by atoms with Crippen LogP contribution in [0, 0.1) is 0 Å². The number of rotatable bonds is 3. The molecule has 2 rings (SSSR count). The fraction of sp³-hybridized carbons (Fsp3) is 0. The highest BCUT2D eigenvalue weighted by Gasteiger charge is 2.11. The number of hydrogen-bond donors (Lipinski definition) is 0. The molecule has 4 nitrogen and oxygen atoms in total. The van der Waals surface area contributed by atoms with E-state index in [1.807, 2.05) is 18.2 Å². The highest BCUT2D eigenvalue weighted by Crippen LogP contribution is 2.07. The van der Waals surface area contributed by atoms with Crippen LogP contribution < -0.4 is 0 Å². The summed E-state index contributed by atoms with van der Waals surface area (Å²) in [4.78, 5) is 3.76. The van der Waals surface area contributed by atoms with Gasteiger partial charge < -0.3 is 0 Å². The Morgan fingerprint density at radius 1 is 1.00 bits per heavy atom. The molecule has 1 heterocycles. The second-order valence-corrected chi connectivity index (χ2v) is 4.87. The predicted octanol–water partition coefficient (Wildman–Crippen LogP) is 1.89. The van der Waals surface area contributed by atoms with Crippen LogP contribution >= 0.6 is 0 Å². The Balaban J connectivity index is 2.28. The summed E-state index contributed by atoms with van der Waals surface area (Å²) < 4.78 is 27.1. The second kappa shape index (κ2) is 4.88. The number of benzene rings is 1. The average Bonchev–Trinajstić information content (AvgIpc) is 2.39. The molecule has 2 aromatic rings. The summed E-state index contributed by atoms with van der Waals surface area (Å²) >= 11 is 0. The minimum absolute atomic E-state index is 0.0489. The van der Waals surface area contributed by atoms with Gasteiger partial charge in [-0.05, 0) is 17.7 Å². The molecule has 0 aliphatic heterocycles. The maximum Gasteiger partial charge on any atom is 0.299 e. The molecule has 0 unspecified atom stereocenters. The van der Waals surface area contributed by atoms with Crippen molar-refractivity contribution in [2.24, 2.45) is 4.40 Å². The highest BCUT2D eigenvalue weighted by atomic mass is 32.2. The molecule has 1 aromatic heterocycles. The molecule has 0 amide bonds. The molecule has 5 heteroatoms. The van der Waals surface area contributed by atoms with E-state index in [1.165, 1.54) is 18.5 Å². The van der Waals surface area contributed by atoms with Gasteiger partial charge in [0.25, 0.3) is 10.0 Å². The van der Waals surface area contributed by atoms with E-state index in [0.29, 0.717) is 0 Å². The lowest BCUT2D eigenvalue weighted by Crippen LogP contribution is -1.99. The molecule has 1 aromatic carbocycles. The van der Waals surface area contributed by atoms with Gasteiger partial charge in [-0.3, -0.25) is 0 Å². The SMILES string of the molecule is O=S(=O)(N=Cc1ccccc1)c1ccccn1. The number of aromatic nitrogens is 1. The van der Waals surface area contributed by atoms with Gasteiger partial charge in [-0.25, -0.2) is 4.98 Å². The molecule has 0 N–H and O–H groups in total. The molecule has 0 saturated carbocycles. The lowest BCUT2D eigenvalue weighted by molar-refractivity contribution is 0.594. The topological polar surface area (TPSA) is 59.4 Å². The van der Waals surface area contributed by atoms with Gasteiger partial charge >= 0.3 is 0 Å². The minimum Gasteiger partial charge on any atom is -0.243 e. The van der Waals surface area contributed by atoms with E-state index in [9.17, 15) is 8.42 Å². The van der Waals surface area contributed by atoms with Crippen LogP contribution in [0.2, 0.25) is 0 Å². The Kier molecular flexibility index (Phi) is 3.30. The predicted molar refractivity (Wildman–Crippen MR) is 65.5 cm³/mol. The van der Waals surface area contributed by atoms with E-state index in [0.717, 1.165) is 5.56 Å². The van der Waals surface area contributed by atoms with Gasteiger partial charge in [0, 0.05) is 12.4 Å². The monoisotopic (exact) mass is 246 g/mol. The fourth-order valence-corrected chi connectivity index (χ4v) is 2.04. The van der Waals surface area contributed by atoms with Crippen molar-refractivity contribution in [1.82, 2.24) is 4.98 Å². The molecule has 0 bridgehead atoms. The molecule has 0 atom stereocenters. The Labute approximate surface area is 99.7 Å². The first kappa shape index (κ1) is 11.5. The first-order valence-corrected chi connectivity index (χ1v) is 6.39. The Bertz CT molecular complexity index is 607. The van der Waals surface area contributed by atoms with Gasteiger partial charge in [0.2, 0.25) is 0 Å². The molecule has 0 aliphatic rings. The van der Waals surface area contributed by atoms with Gasteiger partial charge in [-0.1, -0.05) is 36.4 Å². The number of hydrogen-bond acceptors (Lipinski definition) is 3. The molecule has 17 heavy (non-hydrogen) atoms. The van der Waals surface area contributed by atoms with Crippen LogP contribution in [0.5, 0.6) is 0 Å². The van der Waals surface area contributed by atoms with E-state index < -0.39 is 10.0 Å². The van der Waals surface area contributed by atoms with Crippen LogP contribution in [0.25, 0.3) is 0 Å². The molecule has 86 valence electrons. The van der Waals surface area contributed by atoms with Crippen molar-refractivity contribution in [3.8, 4) is 0 Å². The maximum absolute atomic E-state index is 11.7. The summed E-state index contributed by atoms with van der Waals surface area (Å²) in [6.45, 7) is 0. The summed E-state index contributed by atoms with van der Waals surface area (Å²) in [7, 11) is -3.70. The van der Waals surface area contributed by atoms with E-state index in [1.54, 1.807) is 24.3 Å². The summed E-state index contributed by atoms with van der Waals surface area (Å²) in [5.74, 6) is 0. The first-order chi connectivity index (χ1) is 8.18.